The topological polar surface area (TPSA) is 108 Å². The van der Waals surface area contributed by atoms with E-state index in [9.17, 15) is 10.2 Å². The lowest BCUT2D eigenvalue weighted by atomic mass is 10.2. The van der Waals surface area contributed by atoms with E-state index < -0.39 is 0 Å². The first-order valence-corrected chi connectivity index (χ1v) is 11.3. The zero-order valence-electron chi connectivity index (χ0n) is 18.5. The van der Waals surface area contributed by atoms with Gasteiger partial charge in [-0.05, 0) is 36.4 Å². The lowest BCUT2D eigenvalue weighted by molar-refractivity contribution is 0.277. The van der Waals surface area contributed by atoms with Crippen LogP contribution < -0.4 is 9.80 Å². The molecule has 0 amide bonds. The first-order valence-electron chi connectivity index (χ1n) is 11.3. The minimum Gasteiger partial charge on any atom is -0.508 e. The van der Waals surface area contributed by atoms with Gasteiger partial charge in [-0.2, -0.15) is 9.97 Å². The molecule has 34 heavy (non-hydrogen) atoms. The Morgan fingerprint density at radius 2 is 1.59 bits per heavy atom. The van der Waals surface area contributed by atoms with E-state index in [2.05, 4.69) is 19.8 Å². The summed E-state index contributed by atoms with van der Waals surface area (Å²) in [6.45, 7) is 3.54. The third-order valence-electron chi connectivity index (χ3n) is 6.23. The number of para-hydroxylation sites is 2. The lowest BCUT2D eigenvalue weighted by Gasteiger charge is -2.36. The number of hydrogen-bond donors (Lipinski definition) is 2. The summed E-state index contributed by atoms with van der Waals surface area (Å²) in [7, 11) is 0. The van der Waals surface area contributed by atoms with Gasteiger partial charge in [-0.1, -0.05) is 12.1 Å². The van der Waals surface area contributed by atoms with Crippen LogP contribution in [0.2, 0.25) is 0 Å². The summed E-state index contributed by atoms with van der Waals surface area (Å²) in [5.41, 5.74) is 4.27. The predicted molar refractivity (Wildman–Crippen MR) is 130 cm³/mol. The maximum Gasteiger partial charge on any atom is 0.229 e. The molecule has 0 radical (unpaired) electrons. The Morgan fingerprint density at radius 1 is 0.824 bits per heavy atom. The number of piperazine rings is 1. The van der Waals surface area contributed by atoms with Crippen LogP contribution in [0.3, 0.4) is 0 Å². The maximum absolute atomic E-state index is 9.57. The number of rotatable bonds is 5. The van der Waals surface area contributed by atoms with Crippen molar-refractivity contribution in [2.24, 2.45) is 0 Å². The summed E-state index contributed by atoms with van der Waals surface area (Å²) in [4.78, 5) is 23.4. The van der Waals surface area contributed by atoms with Crippen LogP contribution in [0.4, 0.5) is 11.6 Å². The number of anilines is 2. The molecule has 1 saturated heterocycles. The van der Waals surface area contributed by atoms with E-state index in [1.807, 2.05) is 45.5 Å². The van der Waals surface area contributed by atoms with Gasteiger partial charge in [0.25, 0.3) is 0 Å². The number of phenolic OH excluding ortho intramolecular Hbond substituents is 1. The van der Waals surface area contributed by atoms with Crippen molar-refractivity contribution in [3.63, 3.8) is 0 Å². The Hall–Kier alpha value is -4.18. The lowest BCUT2D eigenvalue weighted by Crippen LogP contribution is -2.47. The fourth-order valence-electron chi connectivity index (χ4n) is 4.45. The molecular weight excluding hydrogens is 432 g/mol. The van der Waals surface area contributed by atoms with Crippen LogP contribution in [-0.2, 0) is 6.54 Å². The number of benzene rings is 2. The van der Waals surface area contributed by atoms with Crippen molar-refractivity contribution in [1.29, 1.82) is 0 Å². The van der Waals surface area contributed by atoms with Gasteiger partial charge in [-0.3, -0.25) is 4.57 Å². The molecule has 10 heteroatoms. The van der Waals surface area contributed by atoms with Gasteiger partial charge in [-0.25, -0.2) is 9.97 Å². The van der Waals surface area contributed by atoms with Gasteiger partial charge < -0.3 is 24.6 Å². The smallest absolute Gasteiger partial charge is 0.229 e. The van der Waals surface area contributed by atoms with Gasteiger partial charge in [0.1, 0.15) is 12.1 Å². The third-order valence-corrected chi connectivity index (χ3v) is 6.23. The molecule has 6 rings (SSSR count). The van der Waals surface area contributed by atoms with Crippen LogP contribution in [0, 0.1) is 0 Å². The monoisotopic (exact) mass is 456 g/mol. The number of hydrogen-bond acceptors (Lipinski definition) is 8. The molecule has 5 aromatic rings. The third kappa shape index (κ3) is 3.48. The highest BCUT2D eigenvalue weighted by Crippen LogP contribution is 2.26. The second-order valence-electron chi connectivity index (χ2n) is 8.27. The standard InChI is InChI=1S/C24H24N8O2/c33-14-13-31-15-26-21-22(31)27-24(28-23(21)32-16-25-19-3-1-2-4-20(19)32)30-11-9-29(10-12-30)17-5-7-18(34)8-6-17/h1-8,15-16,33-34H,9-14H2. The molecule has 4 heterocycles. The second-order valence-corrected chi connectivity index (χ2v) is 8.27. The van der Waals surface area contributed by atoms with Gasteiger partial charge in [0.15, 0.2) is 17.0 Å². The van der Waals surface area contributed by atoms with Crippen molar-refractivity contribution in [3.8, 4) is 11.6 Å². The van der Waals surface area contributed by atoms with E-state index >= 15 is 0 Å². The minimum atomic E-state index is -0.000556. The van der Waals surface area contributed by atoms with Crippen LogP contribution in [0.15, 0.2) is 61.2 Å². The molecule has 2 aromatic carbocycles. The summed E-state index contributed by atoms with van der Waals surface area (Å²) >= 11 is 0. The molecule has 0 unspecified atom stereocenters. The average Bonchev–Trinajstić information content (AvgIpc) is 3.49. The highest BCUT2D eigenvalue weighted by molar-refractivity contribution is 5.85. The van der Waals surface area contributed by atoms with Crippen molar-refractivity contribution in [2.75, 3.05) is 42.6 Å². The Morgan fingerprint density at radius 3 is 2.38 bits per heavy atom. The molecular formula is C24H24N8O2. The number of aliphatic hydroxyl groups is 1. The second kappa shape index (κ2) is 8.31. The van der Waals surface area contributed by atoms with Gasteiger partial charge >= 0.3 is 0 Å². The summed E-state index contributed by atoms with van der Waals surface area (Å²) in [5.74, 6) is 1.57. The normalized spacial score (nSPS) is 14.4. The van der Waals surface area contributed by atoms with E-state index in [1.165, 1.54) is 0 Å². The van der Waals surface area contributed by atoms with Crippen LogP contribution in [0.5, 0.6) is 5.75 Å². The van der Waals surface area contributed by atoms with Crippen molar-refractivity contribution in [2.45, 2.75) is 6.54 Å². The minimum absolute atomic E-state index is 0.000556. The van der Waals surface area contributed by atoms with Gasteiger partial charge in [0, 0.05) is 38.4 Å². The molecule has 3 aromatic heterocycles. The average molecular weight is 457 g/mol. The quantitative estimate of drug-likeness (QED) is 0.414. The van der Waals surface area contributed by atoms with Gasteiger partial charge in [-0.15, -0.1) is 0 Å². The van der Waals surface area contributed by atoms with E-state index in [1.54, 1.807) is 24.8 Å². The summed E-state index contributed by atoms with van der Waals surface area (Å²) in [5, 5.41) is 19.1. The molecule has 0 spiro atoms. The number of nitrogens with zero attached hydrogens (tertiary/aromatic N) is 8. The van der Waals surface area contributed by atoms with E-state index in [-0.39, 0.29) is 12.4 Å². The predicted octanol–water partition coefficient (Wildman–Crippen LogP) is 2.19. The fraction of sp³-hybridized carbons (Fsp3) is 0.250. The van der Waals surface area contributed by atoms with E-state index in [4.69, 9.17) is 9.97 Å². The first-order chi connectivity index (χ1) is 16.7. The molecule has 1 aliphatic heterocycles. The molecule has 0 atom stereocenters. The molecule has 1 aliphatic rings. The number of imidazole rings is 2. The van der Waals surface area contributed by atoms with Crippen LogP contribution in [0.25, 0.3) is 28.0 Å². The number of fused-ring (bicyclic) bond motifs is 2. The van der Waals surface area contributed by atoms with Gasteiger partial charge in [0.2, 0.25) is 5.95 Å². The van der Waals surface area contributed by atoms with Crippen molar-refractivity contribution in [3.05, 3.63) is 61.2 Å². The maximum atomic E-state index is 9.57. The van der Waals surface area contributed by atoms with E-state index in [0.29, 0.717) is 29.5 Å². The Balaban J connectivity index is 1.38. The molecule has 0 aliphatic carbocycles. The summed E-state index contributed by atoms with van der Waals surface area (Å²) in [6.07, 6.45) is 3.47. The zero-order chi connectivity index (χ0) is 23.1. The Bertz CT molecular complexity index is 1450. The zero-order valence-corrected chi connectivity index (χ0v) is 18.5. The molecule has 172 valence electrons. The largest absolute Gasteiger partial charge is 0.508 e. The van der Waals surface area contributed by atoms with Crippen LogP contribution >= 0.6 is 0 Å². The Kier molecular flexibility index (Phi) is 4.99. The number of aromatic nitrogens is 6. The number of phenols is 1. The molecule has 0 bridgehead atoms. The van der Waals surface area contributed by atoms with Crippen LogP contribution in [0.1, 0.15) is 0 Å². The first kappa shape index (κ1) is 20.4. The molecule has 1 fully saturated rings. The molecule has 0 saturated carbocycles. The van der Waals surface area contributed by atoms with E-state index in [0.717, 1.165) is 42.9 Å². The molecule has 2 N–H and O–H groups in total. The summed E-state index contributed by atoms with van der Waals surface area (Å²) < 4.78 is 3.81. The number of aliphatic hydroxyl groups excluding tert-OH is 1. The number of aromatic hydroxyl groups is 1. The van der Waals surface area contributed by atoms with Gasteiger partial charge in [0.05, 0.1) is 24.0 Å². The molecule has 10 nitrogen and oxygen atoms in total. The Labute approximate surface area is 195 Å². The SMILES string of the molecule is OCCn1cnc2c(-n3cnc4ccccc43)nc(N3CCN(c4ccc(O)cc4)CC3)nc21. The van der Waals surface area contributed by atoms with Crippen molar-refractivity contribution in [1.82, 2.24) is 29.1 Å². The fourth-order valence-corrected chi connectivity index (χ4v) is 4.45. The van der Waals surface area contributed by atoms with Crippen molar-refractivity contribution >= 4 is 33.8 Å². The van der Waals surface area contributed by atoms with Crippen molar-refractivity contribution < 1.29 is 10.2 Å². The summed E-state index contributed by atoms with van der Waals surface area (Å²) in [6, 6.07) is 15.2. The highest BCUT2D eigenvalue weighted by Gasteiger charge is 2.23. The highest BCUT2D eigenvalue weighted by atomic mass is 16.3. The van der Waals surface area contributed by atoms with Crippen LogP contribution in [-0.4, -0.2) is 72.1 Å².